The third kappa shape index (κ3) is 3.57. The van der Waals surface area contributed by atoms with Crippen LogP contribution in [-0.2, 0) is 11.3 Å². The van der Waals surface area contributed by atoms with Crippen molar-refractivity contribution < 1.29 is 4.79 Å². The highest BCUT2D eigenvalue weighted by Crippen LogP contribution is 2.15. The van der Waals surface area contributed by atoms with Gasteiger partial charge in [-0.2, -0.15) is 5.10 Å². The Kier molecular flexibility index (Phi) is 4.39. The van der Waals surface area contributed by atoms with Crippen molar-refractivity contribution in [1.82, 2.24) is 15.0 Å². The number of carbonyl (C=O) groups is 1. The summed E-state index contributed by atoms with van der Waals surface area (Å²) in [4.78, 5) is 16.5. The Hall–Kier alpha value is -2.66. The Morgan fingerprint density at radius 3 is 2.78 bits per heavy atom. The monoisotopic (exact) mass is 326 g/mol. The van der Waals surface area contributed by atoms with Crippen molar-refractivity contribution in [2.75, 3.05) is 0 Å². The first-order valence-electron chi connectivity index (χ1n) is 7.13. The van der Waals surface area contributed by atoms with Crippen molar-refractivity contribution in [2.24, 2.45) is 5.10 Å². The number of amides is 1. The van der Waals surface area contributed by atoms with Crippen LogP contribution in [0.3, 0.4) is 0 Å². The summed E-state index contributed by atoms with van der Waals surface area (Å²) in [6.07, 6.45) is 1.58. The van der Waals surface area contributed by atoms with E-state index in [1.54, 1.807) is 18.3 Å². The first-order valence-corrected chi connectivity index (χ1v) is 7.50. The predicted octanol–water partition coefficient (Wildman–Crippen LogP) is 3.15. The van der Waals surface area contributed by atoms with Gasteiger partial charge in [-0.15, -0.1) is 0 Å². The molecule has 3 rings (SSSR count). The van der Waals surface area contributed by atoms with Gasteiger partial charge in [0, 0.05) is 5.02 Å². The molecule has 6 heteroatoms. The molecule has 1 aromatic heterocycles. The molecule has 1 heterocycles. The van der Waals surface area contributed by atoms with Crippen LogP contribution in [0.5, 0.6) is 0 Å². The minimum Gasteiger partial charge on any atom is -0.319 e. The van der Waals surface area contributed by atoms with Crippen molar-refractivity contribution in [2.45, 2.75) is 13.5 Å². The Bertz CT molecular complexity index is 868. The summed E-state index contributed by atoms with van der Waals surface area (Å²) in [5.74, 6) is 0.587. The molecule has 0 aliphatic heterocycles. The molecule has 1 amide bonds. The molecule has 1 N–H and O–H groups in total. The maximum Gasteiger partial charge on any atom is 0.260 e. The second-order valence-corrected chi connectivity index (χ2v) is 5.52. The zero-order valence-corrected chi connectivity index (χ0v) is 13.3. The van der Waals surface area contributed by atoms with Gasteiger partial charge in [-0.3, -0.25) is 4.79 Å². The predicted molar refractivity (Wildman–Crippen MR) is 91.7 cm³/mol. The summed E-state index contributed by atoms with van der Waals surface area (Å²) < 4.78 is 1.86. The fourth-order valence-electron chi connectivity index (χ4n) is 2.30. The van der Waals surface area contributed by atoms with Crippen LogP contribution in [0.15, 0.2) is 53.6 Å². The highest BCUT2D eigenvalue weighted by molar-refractivity contribution is 6.30. The fourth-order valence-corrected chi connectivity index (χ4v) is 2.43. The largest absolute Gasteiger partial charge is 0.319 e. The topological polar surface area (TPSA) is 59.3 Å². The molecule has 0 aliphatic rings. The van der Waals surface area contributed by atoms with Gasteiger partial charge in [0.05, 0.1) is 17.2 Å². The number of halogens is 1. The normalized spacial score (nSPS) is 11.2. The maximum absolute atomic E-state index is 12.1. The molecule has 116 valence electrons. The molecule has 0 atom stereocenters. The number of hydrogen-bond acceptors (Lipinski definition) is 3. The summed E-state index contributed by atoms with van der Waals surface area (Å²) in [5, 5.41) is 4.62. The smallest absolute Gasteiger partial charge is 0.260 e. The molecule has 0 saturated carbocycles. The number of aryl methyl sites for hydroxylation is 1. The summed E-state index contributed by atoms with van der Waals surface area (Å²) in [5.41, 5.74) is 5.19. The molecule has 0 fully saturated rings. The van der Waals surface area contributed by atoms with Crippen LogP contribution in [0.25, 0.3) is 11.0 Å². The van der Waals surface area contributed by atoms with Crippen molar-refractivity contribution in [3.8, 4) is 0 Å². The van der Waals surface area contributed by atoms with Gasteiger partial charge in [-0.1, -0.05) is 35.9 Å². The number of fused-ring (bicyclic) bond motifs is 1. The number of aromatic nitrogens is 2. The molecule has 5 nitrogen and oxygen atoms in total. The summed E-state index contributed by atoms with van der Waals surface area (Å²) in [6.45, 7) is 2.05. The van der Waals surface area contributed by atoms with Gasteiger partial charge in [-0.25, -0.2) is 10.4 Å². The van der Waals surface area contributed by atoms with Crippen LogP contribution in [0.4, 0.5) is 0 Å². The molecule has 23 heavy (non-hydrogen) atoms. The lowest BCUT2D eigenvalue weighted by Crippen LogP contribution is -2.23. The molecule has 2 aromatic carbocycles. The molecule has 0 bridgehead atoms. The Morgan fingerprint density at radius 2 is 2.00 bits per heavy atom. The van der Waals surface area contributed by atoms with Gasteiger partial charge in [0.15, 0.2) is 0 Å². The SMILES string of the molecule is Cc1nc2ccccc2n1CC(=O)N/N=C\c1ccc(Cl)cc1. The Balaban J connectivity index is 1.67. The molecule has 3 aromatic rings. The van der Waals surface area contributed by atoms with Crippen LogP contribution in [0, 0.1) is 6.92 Å². The number of imidazole rings is 1. The highest BCUT2D eigenvalue weighted by atomic mass is 35.5. The number of rotatable bonds is 4. The first kappa shape index (κ1) is 15.2. The summed E-state index contributed by atoms with van der Waals surface area (Å²) >= 11 is 5.82. The van der Waals surface area contributed by atoms with E-state index in [9.17, 15) is 4.79 Å². The van der Waals surface area contributed by atoms with E-state index in [0.717, 1.165) is 22.4 Å². The lowest BCUT2D eigenvalue weighted by molar-refractivity contribution is -0.121. The molecular formula is C17H15ClN4O. The van der Waals surface area contributed by atoms with E-state index in [2.05, 4.69) is 15.5 Å². The average Bonchev–Trinajstić information content (AvgIpc) is 2.85. The second kappa shape index (κ2) is 6.62. The number of para-hydroxylation sites is 2. The van der Waals surface area contributed by atoms with Crippen molar-refractivity contribution in [1.29, 1.82) is 0 Å². The number of nitrogens with zero attached hydrogens (tertiary/aromatic N) is 3. The lowest BCUT2D eigenvalue weighted by Gasteiger charge is -2.05. The number of benzene rings is 2. The van der Waals surface area contributed by atoms with E-state index in [1.165, 1.54) is 0 Å². The Labute approximate surface area is 138 Å². The second-order valence-electron chi connectivity index (χ2n) is 5.08. The third-order valence-electron chi connectivity index (χ3n) is 3.42. The van der Waals surface area contributed by atoms with Crippen LogP contribution >= 0.6 is 11.6 Å². The molecule has 0 aliphatic carbocycles. The van der Waals surface area contributed by atoms with Gasteiger partial charge in [0.1, 0.15) is 12.4 Å². The van der Waals surface area contributed by atoms with Crippen LogP contribution < -0.4 is 5.43 Å². The van der Waals surface area contributed by atoms with E-state index in [1.807, 2.05) is 47.9 Å². The summed E-state index contributed by atoms with van der Waals surface area (Å²) in [7, 11) is 0. The number of hydrogen-bond donors (Lipinski definition) is 1. The lowest BCUT2D eigenvalue weighted by atomic mass is 10.2. The standard InChI is InChI=1S/C17H15ClN4O/c1-12-20-15-4-2-3-5-16(15)22(12)11-17(23)21-19-10-13-6-8-14(18)9-7-13/h2-10H,11H2,1H3,(H,21,23)/b19-10-. The fraction of sp³-hybridized carbons (Fsp3) is 0.118. The van der Waals surface area contributed by atoms with Gasteiger partial charge >= 0.3 is 0 Å². The number of carbonyl (C=O) groups excluding carboxylic acids is 1. The van der Waals surface area contributed by atoms with Gasteiger partial charge in [0.2, 0.25) is 0 Å². The van der Waals surface area contributed by atoms with E-state index < -0.39 is 0 Å². The first-order chi connectivity index (χ1) is 11.1. The zero-order valence-electron chi connectivity index (χ0n) is 12.5. The van der Waals surface area contributed by atoms with Crippen molar-refractivity contribution in [3.63, 3.8) is 0 Å². The van der Waals surface area contributed by atoms with E-state index >= 15 is 0 Å². The summed E-state index contributed by atoms with van der Waals surface area (Å²) in [6, 6.07) is 14.9. The molecule has 0 saturated heterocycles. The molecule has 0 unspecified atom stereocenters. The van der Waals surface area contributed by atoms with Crippen LogP contribution in [0.1, 0.15) is 11.4 Å². The van der Waals surface area contributed by atoms with Crippen LogP contribution in [-0.4, -0.2) is 21.7 Å². The van der Waals surface area contributed by atoms with Gasteiger partial charge < -0.3 is 4.57 Å². The van der Waals surface area contributed by atoms with Gasteiger partial charge in [-0.05, 0) is 36.8 Å². The molecule has 0 spiro atoms. The van der Waals surface area contributed by atoms with E-state index in [4.69, 9.17) is 11.6 Å². The molecule has 0 radical (unpaired) electrons. The Morgan fingerprint density at radius 1 is 1.26 bits per heavy atom. The number of hydrazone groups is 1. The van der Waals surface area contributed by atoms with Crippen molar-refractivity contribution >= 4 is 34.8 Å². The maximum atomic E-state index is 12.1. The van der Waals surface area contributed by atoms with Crippen molar-refractivity contribution in [3.05, 3.63) is 64.9 Å². The minimum atomic E-state index is -0.207. The highest BCUT2D eigenvalue weighted by Gasteiger charge is 2.09. The van der Waals surface area contributed by atoms with E-state index in [-0.39, 0.29) is 12.5 Å². The molecular weight excluding hydrogens is 312 g/mol. The average molecular weight is 327 g/mol. The van der Waals surface area contributed by atoms with E-state index in [0.29, 0.717) is 5.02 Å². The quantitative estimate of drug-likeness (QED) is 0.591. The number of nitrogens with one attached hydrogen (secondary N) is 1. The van der Waals surface area contributed by atoms with Crippen LogP contribution in [0.2, 0.25) is 5.02 Å². The zero-order chi connectivity index (χ0) is 16.2. The minimum absolute atomic E-state index is 0.171. The van der Waals surface area contributed by atoms with Gasteiger partial charge in [0.25, 0.3) is 5.91 Å². The third-order valence-corrected chi connectivity index (χ3v) is 3.67.